The minimum Gasteiger partial charge on any atom is -0.301 e. The summed E-state index contributed by atoms with van der Waals surface area (Å²) in [5.74, 6) is 0. The smallest absolute Gasteiger partial charge is 0.256 e. The molecule has 4 heterocycles. The van der Waals surface area contributed by atoms with Crippen molar-refractivity contribution in [2.75, 3.05) is 12.8 Å². The average Bonchev–Trinajstić information content (AvgIpc) is 3.24. The normalized spacial score (nSPS) is 13.8. The highest BCUT2D eigenvalue weighted by atomic mass is 32.2. The fourth-order valence-corrected chi connectivity index (χ4v) is 4.32. The number of fused-ring (bicyclic) bond motifs is 1. The predicted octanol–water partition coefficient (Wildman–Crippen LogP) is 3.30. The Kier molecular flexibility index (Phi) is 5.40. The third-order valence-electron chi connectivity index (χ3n) is 5.48. The van der Waals surface area contributed by atoms with E-state index in [-0.39, 0.29) is 5.56 Å². The van der Waals surface area contributed by atoms with Crippen LogP contribution >= 0.6 is 11.8 Å². The first-order valence-electron chi connectivity index (χ1n) is 10.1. The van der Waals surface area contributed by atoms with Crippen LogP contribution in [0.15, 0.2) is 71.0 Å². The van der Waals surface area contributed by atoms with Crippen molar-refractivity contribution in [1.82, 2.24) is 29.6 Å². The molecule has 0 fully saturated rings. The number of hydrogen-bond donors (Lipinski definition) is 1. The molecule has 8 heteroatoms. The molecule has 0 radical (unpaired) electrons. The summed E-state index contributed by atoms with van der Waals surface area (Å²) in [5, 5.41) is 5.56. The van der Waals surface area contributed by atoms with E-state index in [0.29, 0.717) is 18.2 Å². The molecule has 0 saturated heterocycles. The Balaban J connectivity index is 1.48. The van der Waals surface area contributed by atoms with Gasteiger partial charge >= 0.3 is 0 Å². The van der Waals surface area contributed by atoms with Gasteiger partial charge in [-0.2, -0.15) is 5.10 Å². The van der Waals surface area contributed by atoms with Gasteiger partial charge in [-0.25, -0.2) is 9.67 Å². The first-order valence-corrected chi connectivity index (χ1v) is 11.4. The second kappa shape index (κ2) is 8.49. The molecule has 5 rings (SSSR count). The Morgan fingerprint density at radius 2 is 1.94 bits per heavy atom. The van der Waals surface area contributed by atoms with Crippen LogP contribution in [0, 0.1) is 0 Å². The summed E-state index contributed by atoms with van der Waals surface area (Å²) < 4.78 is 1.92. The van der Waals surface area contributed by atoms with Crippen molar-refractivity contribution < 1.29 is 0 Å². The van der Waals surface area contributed by atoms with Gasteiger partial charge in [0.05, 0.1) is 22.6 Å². The molecule has 0 spiro atoms. The van der Waals surface area contributed by atoms with Crippen molar-refractivity contribution in [3.05, 3.63) is 88.2 Å². The van der Waals surface area contributed by atoms with E-state index >= 15 is 0 Å². The highest BCUT2D eigenvalue weighted by Crippen LogP contribution is 2.26. The zero-order valence-corrected chi connectivity index (χ0v) is 18.0. The van der Waals surface area contributed by atoms with Gasteiger partial charge in [-0.05, 0) is 30.5 Å². The Morgan fingerprint density at radius 3 is 2.71 bits per heavy atom. The van der Waals surface area contributed by atoms with E-state index in [9.17, 15) is 4.79 Å². The number of pyridine rings is 1. The monoisotopic (exact) mass is 430 g/mol. The minimum absolute atomic E-state index is 0.0339. The minimum atomic E-state index is -0.0339. The molecule has 0 amide bonds. The Morgan fingerprint density at radius 1 is 1.13 bits per heavy atom. The van der Waals surface area contributed by atoms with Crippen molar-refractivity contribution >= 4 is 11.8 Å². The van der Waals surface area contributed by atoms with Gasteiger partial charge in [0.25, 0.3) is 5.56 Å². The largest absolute Gasteiger partial charge is 0.301 e. The van der Waals surface area contributed by atoms with Gasteiger partial charge in [0.1, 0.15) is 0 Å². The van der Waals surface area contributed by atoms with Gasteiger partial charge in [-0.15, -0.1) is 0 Å². The molecule has 3 aromatic heterocycles. The number of aromatic amines is 1. The van der Waals surface area contributed by atoms with E-state index in [1.165, 1.54) is 11.8 Å². The number of rotatable bonds is 5. The molecule has 31 heavy (non-hydrogen) atoms. The van der Waals surface area contributed by atoms with E-state index in [0.717, 1.165) is 46.7 Å². The SMILES string of the molecule is CSc1nc2c(c(=O)[nH]1)CN(Cc1cn(-c3ccccc3)nc1-c1ccncc1)CC2. The molecule has 4 aromatic rings. The lowest BCUT2D eigenvalue weighted by Crippen LogP contribution is -2.35. The quantitative estimate of drug-likeness (QED) is 0.387. The maximum absolute atomic E-state index is 12.6. The van der Waals surface area contributed by atoms with E-state index in [4.69, 9.17) is 5.10 Å². The zero-order valence-electron chi connectivity index (χ0n) is 17.2. The highest BCUT2D eigenvalue weighted by Gasteiger charge is 2.23. The molecule has 1 aliphatic rings. The number of para-hydroxylation sites is 1. The summed E-state index contributed by atoms with van der Waals surface area (Å²) in [7, 11) is 0. The topological polar surface area (TPSA) is 79.7 Å². The number of H-pyrrole nitrogens is 1. The van der Waals surface area contributed by atoms with Crippen LogP contribution in [-0.4, -0.2) is 42.4 Å². The molecule has 0 bridgehead atoms. The lowest BCUT2D eigenvalue weighted by Gasteiger charge is -2.27. The van der Waals surface area contributed by atoms with Crippen LogP contribution in [0.1, 0.15) is 16.8 Å². The molecular weight excluding hydrogens is 408 g/mol. The van der Waals surface area contributed by atoms with Crippen LogP contribution in [0.25, 0.3) is 16.9 Å². The standard InChI is InChI=1S/C23H22N6OS/c1-31-23-25-20-9-12-28(15-19(20)22(30)26-23)13-17-14-29(18-5-3-2-4-6-18)27-21(17)16-7-10-24-11-8-16/h2-8,10-11,14H,9,12-13,15H2,1H3,(H,25,26,30). The van der Waals surface area contributed by atoms with E-state index in [1.807, 2.05) is 53.4 Å². The number of nitrogens with zero attached hydrogens (tertiary/aromatic N) is 5. The van der Waals surface area contributed by atoms with Crippen LogP contribution in [0.5, 0.6) is 0 Å². The number of benzene rings is 1. The summed E-state index contributed by atoms with van der Waals surface area (Å²) in [4.78, 5) is 26.5. The van der Waals surface area contributed by atoms with Crippen LogP contribution in [0.4, 0.5) is 0 Å². The molecule has 1 aliphatic heterocycles. The second-order valence-electron chi connectivity index (χ2n) is 7.48. The van der Waals surface area contributed by atoms with E-state index < -0.39 is 0 Å². The van der Waals surface area contributed by atoms with Crippen molar-refractivity contribution in [2.45, 2.75) is 24.7 Å². The first-order chi connectivity index (χ1) is 15.2. The second-order valence-corrected chi connectivity index (χ2v) is 8.28. The summed E-state index contributed by atoms with van der Waals surface area (Å²) in [6, 6.07) is 14.0. The zero-order chi connectivity index (χ0) is 21.2. The van der Waals surface area contributed by atoms with Crippen molar-refractivity contribution in [1.29, 1.82) is 0 Å². The van der Waals surface area contributed by atoms with Crippen molar-refractivity contribution in [2.24, 2.45) is 0 Å². The maximum Gasteiger partial charge on any atom is 0.256 e. The number of aromatic nitrogens is 5. The Hall–Kier alpha value is -3.23. The average molecular weight is 431 g/mol. The van der Waals surface area contributed by atoms with Gasteiger partial charge in [-0.1, -0.05) is 30.0 Å². The van der Waals surface area contributed by atoms with Crippen LogP contribution < -0.4 is 5.56 Å². The van der Waals surface area contributed by atoms with Crippen molar-refractivity contribution in [3.63, 3.8) is 0 Å². The summed E-state index contributed by atoms with van der Waals surface area (Å²) in [5.41, 5.74) is 5.74. The first kappa shape index (κ1) is 19.7. The summed E-state index contributed by atoms with van der Waals surface area (Å²) in [6.45, 7) is 2.13. The maximum atomic E-state index is 12.6. The molecule has 0 saturated carbocycles. The van der Waals surface area contributed by atoms with Crippen LogP contribution in [-0.2, 0) is 19.5 Å². The molecule has 0 aliphatic carbocycles. The summed E-state index contributed by atoms with van der Waals surface area (Å²) in [6.07, 6.45) is 8.34. The van der Waals surface area contributed by atoms with Crippen LogP contribution in [0.2, 0.25) is 0 Å². The Bertz CT molecular complexity index is 1250. The van der Waals surface area contributed by atoms with Crippen molar-refractivity contribution in [3.8, 4) is 16.9 Å². The lowest BCUT2D eigenvalue weighted by atomic mass is 10.1. The third-order valence-corrected chi connectivity index (χ3v) is 6.06. The van der Waals surface area contributed by atoms with Gasteiger partial charge in [-0.3, -0.25) is 14.7 Å². The van der Waals surface area contributed by atoms with Gasteiger partial charge < -0.3 is 4.98 Å². The van der Waals surface area contributed by atoms with Gasteiger partial charge in [0, 0.05) is 55.8 Å². The molecule has 0 unspecified atom stereocenters. The number of thioether (sulfide) groups is 1. The predicted molar refractivity (Wildman–Crippen MR) is 121 cm³/mol. The third kappa shape index (κ3) is 4.04. The van der Waals surface area contributed by atoms with E-state index in [2.05, 4.69) is 26.0 Å². The molecule has 7 nitrogen and oxygen atoms in total. The molecule has 1 N–H and O–H groups in total. The number of hydrogen-bond acceptors (Lipinski definition) is 6. The highest BCUT2D eigenvalue weighted by molar-refractivity contribution is 7.98. The molecule has 0 atom stereocenters. The molecule has 1 aromatic carbocycles. The summed E-state index contributed by atoms with van der Waals surface area (Å²) >= 11 is 1.46. The van der Waals surface area contributed by atoms with Gasteiger partial charge in [0.15, 0.2) is 5.16 Å². The Labute approximate surface area is 184 Å². The number of nitrogens with one attached hydrogen (secondary N) is 1. The fourth-order valence-electron chi connectivity index (χ4n) is 3.92. The lowest BCUT2D eigenvalue weighted by molar-refractivity contribution is 0.241. The molecule has 156 valence electrons. The molecular formula is C23H22N6OS. The van der Waals surface area contributed by atoms with Crippen LogP contribution in [0.3, 0.4) is 0 Å². The van der Waals surface area contributed by atoms with E-state index in [1.54, 1.807) is 12.4 Å². The van der Waals surface area contributed by atoms with Gasteiger partial charge in [0.2, 0.25) is 0 Å². The fraction of sp³-hybridized carbons (Fsp3) is 0.217.